The molecule has 0 aromatic heterocycles. The fourth-order valence-electron chi connectivity index (χ4n) is 3.32. The van der Waals surface area contributed by atoms with Crippen LogP contribution in [0.2, 0.25) is 0 Å². The van der Waals surface area contributed by atoms with Gasteiger partial charge in [0, 0.05) is 18.9 Å². The molecule has 0 aliphatic carbocycles. The molecule has 10 nitrogen and oxygen atoms in total. The molecule has 0 bridgehead atoms. The summed E-state index contributed by atoms with van der Waals surface area (Å²) >= 11 is 0. The summed E-state index contributed by atoms with van der Waals surface area (Å²) in [6, 6.07) is 10.1. The van der Waals surface area contributed by atoms with Gasteiger partial charge in [-0.1, -0.05) is 36.8 Å². The molecule has 0 aliphatic rings. The van der Waals surface area contributed by atoms with Crippen molar-refractivity contribution < 1.29 is 24.2 Å². The summed E-state index contributed by atoms with van der Waals surface area (Å²) in [5.41, 5.74) is 9.60. The fourth-order valence-corrected chi connectivity index (χ4v) is 3.32. The third-order valence-corrected chi connectivity index (χ3v) is 5.21. The standard InChI is InChI=1S/C24H39N5O5/c1-23(2,3)34-22(33)27-15-18(16-30)24(4,20(32)28-21(25)26)29-19(31)14-10-6-9-13-17-11-7-5-8-12-17/h5,7-8,11-12,18,30H,6,9-10,13-16H2,1-4H3,(H,27,33)(H,29,31)(H4,25,26,28,32)/t18-,24-/m1/s1. The van der Waals surface area contributed by atoms with Crippen molar-refractivity contribution in [1.29, 1.82) is 0 Å². The summed E-state index contributed by atoms with van der Waals surface area (Å²) in [5.74, 6) is -2.58. The number of aliphatic hydroxyl groups excluding tert-OH is 1. The highest BCUT2D eigenvalue weighted by atomic mass is 16.6. The van der Waals surface area contributed by atoms with Gasteiger partial charge in [-0.3, -0.25) is 9.59 Å². The van der Waals surface area contributed by atoms with Gasteiger partial charge in [0.2, 0.25) is 5.91 Å². The fraction of sp³-hybridized carbons (Fsp3) is 0.583. The molecule has 2 atom stereocenters. The number of amides is 3. The molecule has 1 rings (SSSR count). The molecule has 0 unspecified atom stereocenters. The second kappa shape index (κ2) is 13.5. The highest BCUT2D eigenvalue weighted by molar-refractivity contribution is 5.98. The van der Waals surface area contributed by atoms with E-state index in [4.69, 9.17) is 16.2 Å². The first-order chi connectivity index (χ1) is 15.9. The van der Waals surface area contributed by atoms with Crippen LogP contribution >= 0.6 is 0 Å². The first-order valence-electron chi connectivity index (χ1n) is 11.4. The van der Waals surface area contributed by atoms with Gasteiger partial charge >= 0.3 is 6.09 Å². The molecule has 0 saturated carbocycles. The number of carbonyl (C=O) groups is 3. The third-order valence-electron chi connectivity index (χ3n) is 5.21. The van der Waals surface area contributed by atoms with E-state index in [-0.39, 0.29) is 18.9 Å². The summed E-state index contributed by atoms with van der Waals surface area (Å²) in [6.45, 7) is 5.89. The normalized spacial score (nSPS) is 13.8. The van der Waals surface area contributed by atoms with Gasteiger partial charge in [0.15, 0.2) is 5.96 Å². The lowest BCUT2D eigenvalue weighted by Gasteiger charge is -2.35. The van der Waals surface area contributed by atoms with Crippen LogP contribution in [-0.4, -0.2) is 53.3 Å². The molecule has 1 aromatic carbocycles. The molecule has 1 aromatic rings. The molecular formula is C24H39N5O5. The van der Waals surface area contributed by atoms with Crippen LogP contribution in [0.25, 0.3) is 0 Å². The summed E-state index contributed by atoms with van der Waals surface area (Å²) in [5, 5.41) is 15.1. The van der Waals surface area contributed by atoms with Gasteiger partial charge in [-0.15, -0.1) is 0 Å². The molecule has 34 heavy (non-hydrogen) atoms. The van der Waals surface area contributed by atoms with E-state index in [1.54, 1.807) is 20.8 Å². The molecule has 0 spiro atoms. The Morgan fingerprint density at radius 3 is 2.26 bits per heavy atom. The first-order valence-corrected chi connectivity index (χ1v) is 11.4. The number of nitrogens with zero attached hydrogens (tertiary/aromatic N) is 1. The number of hydrogen-bond donors (Lipinski definition) is 5. The Morgan fingerprint density at radius 2 is 1.71 bits per heavy atom. The van der Waals surface area contributed by atoms with Gasteiger partial charge in [0.05, 0.1) is 6.61 Å². The van der Waals surface area contributed by atoms with Crippen LogP contribution in [-0.2, 0) is 20.7 Å². The van der Waals surface area contributed by atoms with Crippen molar-refractivity contribution in [3.8, 4) is 0 Å². The van der Waals surface area contributed by atoms with Crippen molar-refractivity contribution in [1.82, 2.24) is 10.6 Å². The number of carbonyl (C=O) groups excluding carboxylic acids is 3. The summed E-state index contributed by atoms with van der Waals surface area (Å²) in [4.78, 5) is 41.1. The van der Waals surface area contributed by atoms with E-state index in [1.165, 1.54) is 12.5 Å². The lowest BCUT2D eigenvalue weighted by atomic mass is 9.84. The summed E-state index contributed by atoms with van der Waals surface area (Å²) in [6.07, 6.45) is 2.80. The average Bonchev–Trinajstić information content (AvgIpc) is 2.72. The Morgan fingerprint density at radius 1 is 1.06 bits per heavy atom. The molecular weight excluding hydrogens is 438 g/mol. The van der Waals surface area contributed by atoms with Crippen molar-refractivity contribution in [2.45, 2.75) is 70.9 Å². The largest absolute Gasteiger partial charge is 0.444 e. The van der Waals surface area contributed by atoms with Crippen molar-refractivity contribution in [2.75, 3.05) is 13.2 Å². The van der Waals surface area contributed by atoms with Crippen molar-refractivity contribution in [3.63, 3.8) is 0 Å². The molecule has 0 fully saturated rings. The van der Waals surface area contributed by atoms with E-state index in [1.807, 2.05) is 18.2 Å². The first kappa shape index (κ1) is 28.9. The second-order valence-electron chi connectivity index (χ2n) is 9.40. The molecule has 0 aliphatic heterocycles. The number of nitrogens with two attached hydrogens (primary N) is 2. The number of nitrogens with one attached hydrogen (secondary N) is 2. The Balaban J connectivity index is 2.75. The maximum atomic E-state index is 12.8. The van der Waals surface area contributed by atoms with Crippen LogP contribution in [0.15, 0.2) is 35.3 Å². The van der Waals surface area contributed by atoms with Crippen LogP contribution in [0.3, 0.4) is 0 Å². The molecule has 190 valence electrons. The number of rotatable bonds is 12. The zero-order valence-electron chi connectivity index (χ0n) is 20.6. The van der Waals surface area contributed by atoms with Crippen molar-refractivity contribution in [3.05, 3.63) is 35.9 Å². The van der Waals surface area contributed by atoms with E-state index in [0.717, 1.165) is 19.3 Å². The number of guanidine groups is 1. The summed E-state index contributed by atoms with van der Waals surface area (Å²) in [7, 11) is 0. The zero-order valence-corrected chi connectivity index (χ0v) is 20.6. The Labute approximate surface area is 201 Å². The number of alkyl carbamates (subject to hydrolysis) is 1. The van der Waals surface area contributed by atoms with E-state index in [0.29, 0.717) is 6.42 Å². The minimum atomic E-state index is -1.64. The van der Waals surface area contributed by atoms with Gasteiger partial charge < -0.3 is 31.9 Å². The zero-order chi connectivity index (χ0) is 25.8. The van der Waals surface area contributed by atoms with Crippen molar-refractivity contribution in [2.24, 2.45) is 22.4 Å². The monoisotopic (exact) mass is 477 g/mol. The molecule has 0 heterocycles. The molecule has 7 N–H and O–H groups in total. The topological polar surface area (TPSA) is 169 Å². The van der Waals surface area contributed by atoms with Crippen molar-refractivity contribution >= 4 is 23.9 Å². The minimum absolute atomic E-state index is 0.148. The predicted octanol–water partition coefficient (Wildman–Crippen LogP) is 1.60. The number of ether oxygens (including phenoxy) is 1. The lowest BCUT2D eigenvalue weighted by molar-refractivity contribution is -0.133. The smallest absolute Gasteiger partial charge is 0.407 e. The maximum absolute atomic E-state index is 12.8. The highest BCUT2D eigenvalue weighted by Crippen LogP contribution is 2.20. The van der Waals surface area contributed by atoms with E-state index >= 15 is 0 Å². The second-order valence-corrected chi connectivity index (χ2v) is 9.40. The number of benzene rings is 1. The number of hydrogen-bond acceptors (Lipinski definition) is 5. The quantitative estimate of drug-likeness (QED) is 0.173. The average molecular weight is 478 g/mol. The Hall–Kier alpha value is -3.14. The van der Waals surface area contributed by atoms with Crippen LogP contribution in [0.4, 0.5) is 4.79 Å². The maximum Gasteiger partial charge on any atom is 0.407 e. The van der Waals surface area contributed by atoms with E-state index < -0.39 is 41.6 Å². The van der Waals surface area contributed by atoms with Crippen LogP contribution < -0.4 is 22.1 Å². The Bertz CT molecular complexity index is 834. The van der Waals surface area contributed by atoms with Gasteiger partial charge in [0.1, 0.15) is 11.1 Å². The third kappa shape index (κ3) is 10.7. The molecule has 3 amide bonds. The van der Waals surface area contributed by atoms with E-state index in [9.17, 15) is 19.5 Å². The number of unbranched alkanes of at least 4 members (excludes halogenated alkanes) is 2. The van der Waals surface area contributed by atoms with Gasteiger partial charge in [-0.2, -0.15) is 4.99 Å². The van der Waals surface area contributed by atoms with Crippen LogP contribution in [0.5, 0.6) is 0 Å². The van der Waals surface area contributed by atoms with E-state index in [2.05, 4.69) is 27.8 Å². The summed E-state index contributed by atoms with van der Waals surface area (Å²) < 4.78 is 5.19. The minimum Gasteiger partial charge on any atom is -0.444 e. The Kier molecular flexibility index (Phi) is 11.5. The predicted molar refractivity (Wildman–Crippen MR) is 131 cm³/mol. The molecule has 0 saturated heterocycles. The van der Waals surface area contributed by atoms with Gasteiger partial charge in [-0.05, 0) is 52.5 Å². The molecule has 10 heteroatoms. The number of aryl methyl sites for hydroxylation is 1. The highest BCUT2D eigenvalue weighted by Gasteiger charge is 2.43. The van der Waals surface area contributed by atoms with Gasteiger partial charge in [-0.25, -0.2) is 4.79 Å². The lowest BCUT2D eigenvalue weighted by Crippen LogP contribution is -2.60. The van der Waals surface area contributed by atoms with Crippen LogP contribution in [0.1, 0.15) is 58.9 Å². The van der Waals surface area contributed by atoms with Gasteiger partial charge in [0.25, 0.3) is 5.91 Å². The number of aliphatic imine (C=N–C) groups is 1. The van der Waals surface area contributed by atoms with Crippen LogP contribution in [0, 0.1) is 5.92 Å². The molecule has 0 radical (unpaired) electrons. The SMILES string of the molecule is CC(C)(C)OC(=O)NC[C@H](CO)[C@@](C)(NC(=O)CCCCCc1ccccc1)C(=O)N=C(N)N. The number of aliphatic hydroxyl groups is 1.